The molecule has 1 saturated carbocycles. The van der Waals surface area contributed by atoms with E-state index in [1.807, 2.05) is 13.0 Å². The largest absolute Gasteiger partial charge is 0.497 e. The number of rotatable bonds is 8. The second-order valence-electron chi connectivity index (χ2n) is 18.7. The molecule has 64 heavy (non-hydrogen) atoms. The van der Waals surface area contributed by atoms with Crippen LogP contribution in [0.15, 0.2) is 47.6 Å². The number of amides is 1. The van der Waals surface area contributed by atoms with E-state index in [9.17, 15) is 34.5 Å². The van der Waals surface area contributed by atoms with Crippen LogP contribution in [-0.4, -0.2) is 132 Å². The minimum absolute atomic E-state index is 0.0328. The maximum Gasteiger partial charge on any atom is 0.329 e. The first-order valence-corrected chi connectivity index (χ1v) is 23.1. The number of fused-ring (bicyclic) bond motifs is 3. The topological polar surface area (TPSA) is 188 Å². The fourth-order valence-corrected chi connectivity index (χ4v) is 10.0. The van der Waals surface area contributed by atoms with Crippen LogP contribution in [-0.2, 0) is 38.1 Å². The summed E-state index contributed by atoms with van der Waals surface area (Å²) < 4.78 is 51.9. The van der Waals surface area contributed by atoms with E-state index < -0.39 is 102 Å². The molecular weight excluding hydrogens is 830 g/mol. The van der Waals surface area contributed by atoms with Gasteiger partial charge in [0.15, 0.2) is 0 Å². The Balaban J connectivity index is 1.52. The summed E-state index contributed by atoms with van der Waals surface area (Å²) in [6.07, 6.45) is -1.37. The van der Waals surface area contributed by atoms with E-state index in [0.717, 1.165) is 4.90 Å². The maximum atomic E-state index is 16.3. The SMILES string of the molecule is CCC1/C=C(\C)C(F)C(C)CC(OC)C2OC(O)(C(=O)C(=O)N3CCCCC3C(=O)OC(C(C)=CC3CCC(O)C(Oc4cccc(OC)c4)C3)C(C)C(O)CC1=O)C(C)CC2OC. The van der Waals surface area contributed by atoms with E-state index in [1.165, 1.54) is 14.2 Å². The molecule has 15 heteroatoms. The Labute approximate surface area is 377 Å². The molecule has 1 aliphatic carbocycles. The van der Waals surface area contributed by atoms with E-state index >= 15 is 4.39 Å². The van der Waals surface area contributed by atoms with Crippen molar-refractivity contribution in [3.8, 4) is 11.5 Å². The Morgan fingerprint density at radius 3 is 2.30 bits per heavy atom. The van der Waals surface area contributed by atoms with Crippen LogP contribution < -0.4 is 9.47 Å². The standard InChI is InChI=1S/C49H72FNO13/c1-10-33-21-27(2)43(50)28(3)22-41(60-8)45-42(61-9)23-30(5)49(58,64-45)46(55)47(56)51-19-12-11-16-36(51)48(57)63-44(31(6)38(53)26-39(33)54)29(4)20-32-17-18-37(52)40(24-32)62-35-15-13-14-34(25-35)59-7/h13-15,20-21,25,28,30-33,36-38,40-45,52-53,58H,10-12,16-19,22-24,26H2,1-9H3/b27-21+,29-20?. The number of allylic oxidation sites excluding steroid dienone is 3. The van der Waals surface area contributed by atoms with Crippen molar-refractivity contribution < 1.29 is 67.3 Å². The minimum Gasteiger partial charge on any atom is -0.497 e. The second-order valence-corrected chi connectivity index (χ2v) is 18.7. The fraction of sp³-hybridized carbons (Fsp3) is 0.714. The van der Waals surface area contributed by atoms with Gasteiger partial charge in [-0.3, -0.25) is 14.4 Å². The van der Waals surface area contributed by atoms with Gasteiger partial charge in [0.1, 0.15) is 47.8 Å². The van der Waals surface area contributed by atoms with Gasteiger partial charge in [0.2, 0.25) is 5.79 Å². The number of nitrogens with zero attached hydrogens (tertiary/aromatic N) is 1. The Kier molecular flexibility index (Phi) is 18.1. The number of aliphatic hydroxyl groups is 3. The highest BCUT2D eigenvalue weighted by atomic mass is 19.1. The first-order valence-electron chi connectivity index (χ1n) is 23.1. The number of esters is 1. The zero-order chi connectivity index (χ0) is 47.0. The van der Waals surface area contributed by atoms with Gasteiger partial charge in [-0.2, -0.15) is 0 Å². The number of ketones is 2. The third-order valence-corrected chi connectivity index (χ3v) is 14.1. The molecule has 1 amide bonds. The Morgan fingerprint density at radius 1 is 0.938 bits per heavy atom. The first-order chi connectivity index (χ1) is 30.4. The summed E-state index contributed by atoms with van der Waals surface area (Å²) in [5.41, 5.74) is 0.905. The number of benzene rings is 1. The van der Waals surface area contributed by atoms with Gasteiger partial charge in [-0.25, -0.2) is 9.18 Å². The van der Waals surface area contributed by atoms with E-state index in [4.69, 9.17) is 28.4 Å². The van der Waals surface area contributed by atoms with Crippen LogP contribution in [0, 0.1) is 29.6 Å². The minimum atomic E-state index is -2.62. The molecule has 5 rings (SSSR count). The normalized spacial score (nSPS) is 38.9. The number of aliphatic hydroxyl groups excluding tert-OH is 2. The lowest BCUT2D eigenvalue weighted by atomic mass is 9.81. The van der Waals surface area contributed by atoms with Crippen molar-refractivity contribution in [1.29, 1.82) is 0 Å². The third-order valence-electron chi connectivity index (χ3n) is 14.1. The van der Waals surface area contributed by atoms with Crippen LogP contribution in [0.25, 0.3) is 0 Å². The van der Waals surface area contributed by atoms with Gasteiger partial charge in [-0.05, 0) is 107 Å². The molecule has 1 aromatic rings. The van der Waals surface area contributed by atoms with Crippen molar-refractivity contribution in [2.45, 2.75) is 166 Å². The van der Waals surface area contributed by atoms with Crippen LogP contribution in [0.2, 0.25) is 0 Å². The highest BCUT2D eigenvalue weighted by molar-refractivity contribution is 6.39. The van der Waals surface area contributed by atoms with E-state index in [-0.39, 0.29) is 43.9 Å². The molecule has 3 fully saturated rings. The number of cyclic esters (lactones) is 1. The molecule has 0 radical (unpaired) electrons. The molecule has 2 bridgehead atoms. The average Bonchev–Trinajstić information content (AvgIpc) is 3.29. The Hall–Kier alpha value is -3.73. The average molecular weight is 902 g/mol. The number of hydrogen-bond acceptors (Lipinski definition) is 13. The summed E-state index contributed by atoms with van der Waals surface area (Å²) in [4.78, 5) is 58.2. The van der Waals surface area contributed by atoms with Gasteiger partial charge in [-0.15, -0.1) is 0 Å². The number of carbonyl (C=O) groups excluding carboxylic acids is 4. The third kappa shape index (κ3) is 11.8. The van der Waals surface area contributed by atoms with Crippen LogP contribution in [0.3, 0.4) is 0 Å². The molecule has 4 aliphatic rings. The van der Waals surface area contributed by atoms with Crippen LogP contribution >= 0.6 is 0 Å². The summed E-state index contributed by atoms with van der Waals surface area (Å²) >= 11 is 0. The van der Waals surface area contributed by atoms with Crippen LogP contribution in [0.1, 0.15) is 106 Å². The van der Waals surface area contributed by atoms with Crippen molar-refractivity contribution in [1.82, 2.24) is 4.90 Å². The molecule has 1 aromatic carbocycles. The summed E-state index contributed by atoms with van der Waals surface area (Å²) in [6.45, 7) is 10.2. The van der Waals surface area contributed by atoms with Crippen LogP contribution in [0.4, 0.5) is 4.39 Å². The highest BCUT2D eigenvalue weighted by Crippen LogP contribution is 2.40. The maximum absolute atomic E-state index is 16.3. The van der Waals surface area contributed by atoms with Gasteiger partial charge in [0, 0.05) is 51.0 Å². The number of alkyl halides is 1. The van der Waals surface area contributed by atoms with E-state index in [2.05, 4.69) is 0 Å². The second kappa shape index (κ2) is 22.6. The Morgan fingerprint density at radius 2 is 1.62 bits per heavy atom. The molecule has 3 N–H and O–H groups in total. The summed E-state index contributed by atoms with van der Waals surface area (Å²) in [7, 11) is 4.43. The monoisotopic (exact) mass is 901 g/mol. The van der Waals surface area contributed by atoms with Gasteiger partial charge < -0.3 is 48.6 Å². The highest BCUT2D eigenvalue weighted by Gasteiger charge is 2.57. The molecule has 3 heterocycles. The smallest absolute Gasteiger partial charge is 0.329 e. The molecule has 358 valence electrons. The number of hydrogen-bond donors (Lipinski definition) is 3. The summed E-state index contributed by atoms with van der Waals surface area (Å²) in [5, 5.41) is 34.8. The van der Waals surface area contributed by atoms with Crippen molar-refractivity contribution in [3.05, 3.63) is 47.6 Å². The molecule has 15 unspecified atom stereocenters. The van der Waals surface area contributed by atoms with Gasteiger partial charge >= 0.3 is 5.97 Å². The fourth-order valence-electron chi connectivity index (χ4n) is 10.0. The lowest BCUT2D eigenvalue weighted by Gasteiger charge is -2.47. The number of carbonyl (C=O) groups is 4. The van der Waals surface area contributed by atoms with Crippen molar-refractivity contribution in [2.75, 3.05) is 27.9 Å². The van der Waals surface area contributed by atoms with Crippen molar-refractivity contribution in [2.24, 2.45) is 29.6 Å². The molecule has 3 aliphatic heterocycles. The zero-order valence-electron chi connectivity index (χ0n) is 39.1. The first kappa shape index (κ1) is 51.3. The number of methoxy groups -OCH3 is 3. The van der Waals surface area contributed by atoms with Crippen LogP contribution in [0.5, 0.6) is 11.5 Å². The number of piperidine rings is 1. The molecular formula is C49H72FNO13. The predicted octanol–water partition coefficient (Wildman–Crippen LogP) is 5.86. The predicted molar refractivity (Wildman–Crippen MR) is 235 cm³/mol. The molecule has 0 aromatic heterocycles. The number of ether oxygens (including phenoxy) is 6. The van der Waals surface area contributed by atoms with Crippen molar-refractivity contribution in [3.63, 3.8) is 0 Å². The number of halogens is 1. The van der Waals surface area contributed by atoms with Gasteiger partial charge in [0.25, 0.3) is 11.7 Å². The van der Waals surface area contributed by atoms with Gasteiger partial charge in [-0.1, -0.05) is 45.9 Å². The van der Waals surface area contributed by atoms with E-state index in [1.54, 1.807) is 72.1 Å². The zero-order valence-corrected chi connectivity index (χ0v) is 39.1. The summed E-state index contributed by atoms with van der Waals surface area (Å²) in [6, 6.07) is 5.91. The number of Topliss-reactive ketones (excluding diaryl/α,β-unsaturated/α-hetero) is 2. The summed E-state index contributed by atoms with van der Waals surface area (Å²) in [5.74, 6) is -8.22. The lowest BCUT2D eigenvalue weighted by molar-refractivity contribution is -0.302. The van der Waals surface area contributed by atoms with Crippen molar-refractivity contribution >= 4 is 23.4 Å². The molecule has 0 spiro atoms. The quantitative estimate of drug-likeness (QED) is 0.160. The Bertz CT molecular complexity index is 1840. The van der Waals surface area contributed by atoms with Gasteiger partial charge in [0.05, 0.1) is 31.5 Å². The lowest BCUT2D eigenvalue weighted by Crippen LogP contribution is -2.64. The van der Waals surface area contributed by atoms with E-state index in [0.29, 0.717) is 61.2 Å². The molecule has 14 nitrogen and oxygen atoms in total. The molecule has 15 atom stereocenters. The molecule has 2 saturated heterocycles.